The molecule has 27 heavy (non-hydrogen) atoms. The third kappa shape index (κ3) is 3.91. The highest BCUT2D eigenvalue weighted by molar-refractivity contribution is 7.89. The fourth-order valence-electron chi connectivity index (χ4n) is 2.81. The number of halogens is 1. The summed E-state index contributed by atoms with van der Waals surface area (Å²) in [5.74, 6) is -2.65. The van der Waals surface area contributed by atoms with Crippen molar-refractivity contribution >= 4 is 26.8 Å². The summed E-state index contributed by atoms with van der Waals surface area (Å²) in [6.07, 6.45) is 0.161. The van der Waals surface area contributed by atoms with Crippen molar-refractivity contribution in [2.75, 3.05) is 6.54 Å². The molecule has 0 radical (unpaired) electrons. The molecule has 8 heteroatoms. The molecule has 0 fully saturated rings. The van der Waals surface area contributed by atoms with Crippen molar-refractivity contribution in [1.29, 1.82) is 0 Å². The Labute approximate surface area is 154 Å². The van der Waals surface area contributed by atoms with Crippen molar-refractivity contribution in [3.05, 3.63) is 71.5 Å². The molecule has 0 saturated heterocycles. The Morgan fingerprint density at radius 2 is 1.85 bits per heavy atom. The van der Waals surface area contributed by atoms with Gasteiger partial charge in [0, 0.05) is 12.1 Å². The molecular formula is C19H15FNO5S-. The van der Waals surface area contributed by atoms with E-state index >= 15 is 0 Å². The van der Waals surface area contributed by atoms with Crippen LogP contribution in [0.1, 0.15) is 15.9 Å². The molecule has 0 spiro atoms. The first kappa shape index (κ1) is 18.8. The fraction of sp³-hybridized carbons (Fsp3) is 0.105. The van der Waals surface area contributed by atoms with Gasteiger partial charge in [-0.25, -0.2) is 17.5 Å². The molecule has 0 bridgehead atoms. The third-order valence-electron chi connectivity index (χ3n) is 4.14. The highest BCUT2D eigenvalue weighted by atomic mass is 32.2. The van der Waals surface area contributed by atoms with Crippen LogP contribution >= 0.6 is 0 Å². The number of hydrogen-bond acceptors (Lipinski definition) is 5. The van der Waals surface area contributed by atoms with E-state index < -0.39 is 32.3 Å². The van der Waals surface area contributed by atoms with Crippen molar-refractivity contribution in [2.24, 2.45) is 0 Å². The highest BCUT2D eigenvalue weighted by Gasteiger charge is 2.20. The minimum atomic E-state index is -4.28. The van der Waals surface area contributed by atoms with Crippen molar-refractivity contribution in [1.82, 2.24) is 4.72 Å². The number of fused-ring (bicyclic) bond motifs is 1. The van der Waals surface area contributed by atoms with E-state index in [2.05, 4.69) is 4.72 Å². The molecule has 0 aliphatic carbocycles. The maximum absolute atomic E-state index is 13.9. The topological polar surface area (TPSA) is 107 Å². The van der Waals surface area contributed by atoms with Gasteiger partial charge in [0.1, 0.15) is 16.5 Å². The molecule has 3 aromatic rings. The predicted molar refractivity (Wildman–Crippen MR) is 95.2 cm³/mol. The number of carboxylic acid groups (broad SMARTS) is 1. The number of nitrogens with one attached hydrogen (secondary N) is 1. The minimum absolute atomic E-state index is 0.0260. The second-order valence-corrected chi connectivity index (χ2v) is 7.60. The Morgan fingerprint density at radius 1 is 1.11 bits per heavy atom. The van der Waals surface area contributed by atoms with Crippen LogP contribution in [-0.2, 0) is 16.4 Å². The normalized spacial score (nSPS) is 11.6. The van der Waals surface area contributed by atoms with E-state index in [0.717, 1.165) is 22.9 Å². The number of rotatable bonds is 6. The Hall–Kier alpha value is -2.97. The van der Waals surface area contributed by atoms with E-state index in [1.165, 1.54) is 6.07 Å². The van der Waals surface area contributed by atoms with Crippen LogP contribution in [0.5, 0.6) is 5.75 Å². The van der Waals surface area contributed by atoms with Gasteiger partial charge in [0.2, 0.25) is 10.0 Å². The molecule has 0 saturated carbocycles. The first-order valence-electron chi connectivity index (χ1n) is 8.00. The van der Waals surface area contributed by atoms with Gasteiger partial charge in [-0.3, -0.25) is 0 Å². The molecule has 0 aliphatic heterocycles. The van der Waals surface area contributed by atoms with Gasteiger partial charge in [-0.2, -0.15) is 0 Å². The van der Waals surface area contributed by atoms with Gasteiger partial charge in [-0.15, -0.1) is 0 Å². The third-order valence-corrected chi connectivity index (χ3v) is 5.62. The second kappa shape index (κ2) is 7.34. The molecule has 3 rings (SSSR count). The van der Waals surface area contributed by atoms with Gasteiger partial charge < -0.3 is 15.0 Å². The number of sulfonamides is 1. The molecular weight excluding hydrogens is 373 g/mol. The SMILES string of the molecule is O=C([O-])c1ccc(F)c(S(=O)(=O)NCCc2c(O)ccc3ccccc23)c1. The van der Waals surface area contributed by atoms with Gasteiger partial charge in [-0.05, 0) is 41.0 Å². The molecule has 0 aromatic heterocycles. The molecule has 140 valence electrons. The summed E-state index contributed by atoms with van der Waals surface area (Å²) < 4.78 is 40.8. The molecule has 6 nitrogen and oxygen atoms in total. The Balaban J connectivity index is 1.83. The number of carbonyl (C=O) groups is 1. The molecule has 0 unspecified atom stereocenters. The highest BCUT2D eigenvalue weighted by Crippen LogP contribution is 2.27. The lowest BCUT2D eigenvalue weighted by atomic mass is 10.0. The summed E-state index contributed by atoms with van der Waals surface area (Å²) in [4.78, 5) is 10.1. The number of phenolic OH excluding ortho intramolecular Hbond substituents is 1. The first-order valence-corrected chi connectivity index (χ1v) is 9.48. The summed E-state index contributed by atoms with van der Waals surface area (Å²) in [7, 11) is -4.28. The minimum Gasteiger partial charge on any atom is -0.545 e. The van der Waals surface area contributed by atoms with Crippen molar-refractivity contribution in [3.8, 4) is 5.75 Å². The summed E-state index contributed by atoms with van der Waals surface area (Å²) >= 11 is 0. The van der Waals surface area contributed by atoms with Crippen LogP contribution in [-0.4, -0.2) is 26.0 Å². The predicted octanol–water partition coefficient (Wildman–Crippen LogP) is 1.57. The fourth-order valence-corrected chi connectivity index (χ4v) is 3.94. The smallest absolute Gasteiger partial charge is 0.243 e. The molecule has 0 heterocycles. The zero-order valence-electron chi connectivity index (χ0n) is 14.0. The summed E-state index contributed by atoms with van der Waals surface area (Å²) in [5, 5.41) is 22.6. The van der Waals surface area contributed by atoms with Gasteiger partial charge in [0.15, 0.2) is 0 Å². The van der Waals surface area contributed by atoms with Gasteiger partial charge in [-0.1, -0.05) is 36.4 Å². The van der Waals surface area contributed by atoms with Gasteiger partial charge >= 0.3 is 0 Å². The monoisotopic (exact) mass is 388 g/mol. The average Bonchev–Trinajstić information content (AvgIpc) is 2.63. The van der Waals surface area contributed by atoms with Gasteiger partial charge in [0.25, 0.3) is 0 Å². The second-order valence-electron chi connectivity index (χ2n) is 5.86. The molecule has 3 aromatic carbocycles. The number of carboxylic acids is 1. The average molecular weight is 388 g/mol. The lowest BCUT2D eigenvalue weighted by Gasteiger charge is -2.12. The molecule has 0 amide bonds. The lowest BCUT2D eigenvalue weighted by Crippen LogP contribution is -2.28. The number of hydrogen-bond donors (Lipinski definition) is 2. The number of benzene rings is 3. The van der Waals surface area contributed by atoms with Crippen molar-refractivity contribution in [3.63, 3.8) is 0 Å². The lowest BCUT2D eigenvalue weighted by molar-refractivity contribution is -0.255. The molecule has 0 aliphatic rings. The number of carbonyl (C=O) groups excluding carboxylic acids is 1. The van der Waals surface area contributed by atoms with E-state index in [0.29, 0.717) is 11.6 Å². The van der Waals surface area contributed by atoms with Crippen molar-refractivity contribution < 1.29 is 27.8 Å². The van der Waals surface area contributed by atoms with E-state index in [9.17, 15) is 27.8 Å². The van der Waals surface area contributed by atoms with E-state index in [1.807, 2.05) is 18.2 Å². The largest absolute Gasteiger partial charge is 0.545 e. The zero-order valence-corrected chi connectivity index (χ0v) is 14.8. The number of phenols is 1. The summed E-state index contributed by atoms with van der Waals surface area (Å²) in [5.41, 5.74) is 0.114. The van der Waals surface area contributed by atoms with Crippen LogP contribution in [0.25, 0.3) is 10.8 Å². The Morgan fingerprint density at radius 3 is 2.59 bits per heavy atom. The summed E-state index contributed by atoms with van der Waals surface area (Å²) in [6.45, 7) is -0.112. The van der Waals surface area contributed by atoms with Gasteiger partial charge in [0.05, 0.1) is 5.97 Å². The first-order chi connectivity index (χ1) is 12.8. The van der Waals surface area contributed by atoms with E-state index in [4.69, 9.17) is 0 Å². The van der Waals surface area contributed by atoms with Crippen LogP contribution in [0.3, 0.4) is 0 Å². The molecule has 2 N–H and O–H groups in total. The van der Waals surface area contributed by atoms with Crippen LogP contribution < -0.4 is 9.83 Å². The zero-order chi connectivity index (χ0) is 19.6. The van der Waals surface area contributed by atoms with Crippen LogP contribution in [0.4, 0.5) is 4.39 Å². The number of aromatic carboxylic acids is 1. The summed E-state index contributed by atoms with van der Waals surface area (Å²) in [6, 6.07) is 13.0. The van der Waals surface area contributed by atoms with E-state index in [-0.39, 0.29) is 18.7 Å². The van der Waals surface area contributed by atoms with Crippen LogP contribution in [0.15, 0.2) is 59.5 Å². The standard InChI is InChI=1S/C19H16FNO5S/c20-16-7-5-13(19(23)24)11-18(16)27(25,26)21-10-9-15-14-4-2-1-3-12(14)6-8-17(15)22/h1-8,11,21-22H,9-10H2,(H,23,24)/p-1. The molecule has 0 atom stereocenters. The maximum atomic E-state index is 13.9. The maximum Gasteiger partial charge on any atom is 0.243 e. The Bertz CT molecular complexity index is 1130. The van der Waals surface area contributed by atoms with Crippen LogP contribution in [0.2, 0.25) is 0 Å². The van der Waals surface area contributed by atoms with Crippen LogP contribution in [0, 0.1) is 5.82 Å². The quantitative estimate of drug-likeness (QED) is 0.667. The number of aromatic hydroxyl groups is 1. The van der Waals surface area contributed by atoms with E-state index in [1.54, 1.807) is 12.1 Å². The Kier molecular flexibility index (Phi) is 5.11. The van der Waals surface area contributed by atoms with Crippen molar-refractivity contribution in [2.45, 2.75) is 11.3 Å².